The van der Waals surface area contributed by atoms with E-state index in [0.717, 1.165) is 23.4 Å². The average molecular weight is 520 g/mol. The number of carbonyl (C=O) groups is 2. The summed E-state index contributed by atoms with van der Waals surface area (Å²) in [6, 6.07) is 19.2. The molecule has 0 radical (unpaired) electrons. The van der Waals surface area contributed by atoms with Gasteiger partial charge in [0.15, 0.2) is 0 Å². The fraction of sp³-hybridized carbons (Fsp3) is 0.419. The van der Waals surface area contributed by atoms with E-state index in [2.05, 4.69) is 30.5 Å². The summed E-state index contributed by atoms with van der Waals surface area (Å²) >= 11 is 0. The molecule has 1 unspecified atom stereocenters. The van der Waals surface area contributed by atoms with Crippen molar-refractivity contribution >= 4 is 11.8 Å². The van der Waals surface area contributed by atoms with Crippen molar-refractivity contribution < 1.29 is 19.1 Å². The van der Waals surface area contributed by atoms with Gasteiger partial charge < -0.3 is 23.8 Å². The van der Waals surface area contributed by atoms with Gasteiger partial charge in [0.2, 0.25) is 5.91 Å². The van der Waals surface area contributed by atoms with Crippen molar-refractivity contribution in [1.29, 1.82) is 0 Å². The summed E-state index contributed by atoms with van der Waals surface area (Å²) in [5.41, 5.74) is 2.67. The van der Waals surface area contributed by atoms with Crippen molar-refractivity contribution in [3.05, 3.63) is 83.7 Å². The molecule has 0 saturated heterocycles. The van der Waals surface area contributed by atoms with Gasteiger partial charge in [-0.25, -0.2) is 0 Å². The van der Waals surface area contributed by atoms with Crippen molar-refractivity contribution in [3.8, 4) is 11.5 Å². The second-order valence-corrected chi connectivity index (χ2v) is 10.1. The molecule has 0 saturated carbocycles. The summed E-state index contributed by atoms with van der Waals surface area (Å²) < 4.78 is 12.8. The summed E-state index contributed by atoms with van der Waals surface area (Å²) in [5.74, 6) is 1.42. The molecule has 0 aliphatic heterocycles. The first kappa shape index (κ1) is 28.8. The van der Waals surface area contributed by atoms with Crippen LogP contribution in [0, 0.1) is 5.92 Å². The van der Waals surface area contributed by atoms with Gasteiger partial charge in [0.25, 0.3) is 5.91 Å². The second-order valence-electron chi connectivity index (χ2n) is 10.1. The van der Waals surface area contributed by atoms with Crippen LogP contribution in [0.4, 0.5) is 0 Å². The molecule has 3 rings (SSSR count). The number of rotatable bonds is 13. The molecule has 2 amide bonds. The summed E-state index contributed by atoms with van der Waals surface area (Å²) in [5, 5.41) is 0. The molecule has 38 heavy (non-hydrogen) atoms. The van der Waals surface area contributed by atoms with Crippen LogP contribution in [0.25, 0.3) is 0 Å². The van der Waals surface area contributed by atoms with Gasteiger partial charge in [-0.1, -0.05) is 39.0 Å². The van der Waals surface area contributed by atoms with E-state index in [1.54, 1.807) is 43.4 Å². The van der Waals surface area contributed by atoms with Crippen LogP contribution in [0.5, 0.6) is 11.5 Å². The quantitative estimate of drug-likeness (QED) is 0.300. The zero-order chi connectivity index (χ0) is 27.7. The Labute approximate surface area is 227 Å². The van der Waals surface area contributed by atoms with Gasteiger partial charge in [-0.05, 0) is 67.3 Å². The van der Waals surface area contributed by atoms with Crippen molar-refractivity contribution in [2.45, 2.75) is 53.2 Å². The van der Waals surface area contributed by atoms with Gasteiger partial charge in [-0.2, -0.15) is 0 Å². The van der Waals surface area contributed by atoms with E-state index >= 15 is 0 Å². The molecule has 7 nitrogen and oxygen atoms in total. The lowest BCUT2D eigenvalue weighted by atomic mass is 10.1. The van der Waals surface area contributed by atoms with Gasteiger partial charge >= 0.3 is 0 Å². The highest BCUT2D eigenvalue weighted by molar-refractivity contribution is 5.96. The molecule has 204 valence electrons. The standard InChI is InChI=1S/C31H41N3O4/c1-7-24(4)34(21-27-13-10-16-32(27)20-25-11-8-14-28(17-25)37-5)30(35)22-33(19-23(2)3)31(36)26-12-9-15-29(18-26)38-6/h8-18,23-24H,7,19-22H2,1-6H3. The Balaban J connectivity index is 1.81. The Kier molecular flexibility index (Phi) is 10.4. The zero-order valence-corrected chi connectivity index (χ0v) is 23.5. The lowest BCUT2D eigenvalue weighted by molar-refractivity contribution is -0.134. The fourth-order valence-electron chi connectivity index (χ4n) is 4.45. The Hall–Kier alpha value is -3.74. The summed E-state index contributed by atoms with van der Waals surface area (Å²) in [6.45, 7) is 9.89. The highest BCUT2D eigenvalue weighted by atomic mass is 16.5. The third-order valence-corrected chi connectivity index (χ3v) is 6.70. The molecule has 0 aliphatic rings. The highest BCUT2D eigenvalue weighted by Gasteiger charge is 2.26. The Morgan fingerprint density at radius 2 is 1.61 bits per heavy atom. The molecule has 7 heteroatoms. The average Bonchev–Trinajstić information content (AvgIpc) is 3.36. The first-order valence-corrected chi connectivity index (χ1v) is 13.2. The lowest BCUT2D eigenvalue weighted by Crippen LogP contribution is -2.47. The Morgan fingerprint density at radius 3 is 2.26 bits per heavy atom. The third kappa shape index (κ3) is 7.63. The smallest absolute Gasteiger partial charge is 0.254 e. The van der Waals surface area contributed by atoms with Crippen molar-refractivity contribution in [1.82, 2.24) is 14.4 Å². The number of benzene rings is 2. The number of carbonyl (C=O) groups excluding carboxylic acids is 2. The first-order chi connectivity index (χ1) is 18.2. The van der Waals surface area contributed by atoms with Gasteiger partial charge in [-0.3, -0.25) is 9.59 Å². The molecule has 1 atom stereocenters. The number of nitrogens with zero attached hydrogens (tertiary/aromatic N) is 3. The maximum atomic E-state index is 13.8. The third-order valence-electron chi connectivity index (χ3n) is 6.70. The topological polar surface area (TPSA) is 64.0 Å². The van der Waals surface area contributed by atoms with E-state index < -0.39 is 0 Å². The molecule has 0 fully saturated rings. The maximum Gasteiger partial charge on any atom is 0.254 e. The zero-order valence-electron chi connectivity index (χ0n) is 23.5. The number of hydrogen-bond acceptors (Lipinski definition) is 4. The van der Waals surface area contributed by atoms with Crippen LogP contribution in [0.3, 0.4) is 0 Å². The van der Waals surface area contributed by atoms with Crippen molar-refractivity contribution in [2.75, 3.05) is 27.3 Å². The molecule has 1 heterocycles. The Bertz CT molecular complexity index is 1200. The van der Waals surface area contributed by atoms with Crippen LogP contribution in [0.15, 0.2) is 66.9 Å². The highest BCUT2D eigenvalue weighted by Crippen LogP contribution is 2.19. The minimum absolute atomic E-state index is 0.0230. The van der Waals surface area contributed by atoms with Gasteiger partial charge in [0.05, 0.1) is 20.8 Å². The van der Waals surface area contributed by atoms with Crippen LogP contribution in [-0.2, 0) is 17.9 Å². The minimum Gasteiger partial charge on any atom is -0.497 e. The number of amides is 2. The summed E-state index contributed by atoms with van der Waals surface area (Å²) in [4.78, 5) is 30.8. The molecule has 0 N–H and O–H groups in total. The number of aromatic nitrogens is 1. The van der Waals surface area contributed by atoms with E-state index in [0.29, 0.717) is 30.9 Å². The largest absolute Gasteiger partial charge is 0.497 e. The molecule has 1 aromatic heterocycles. The van der Waals surface area contributed by atoms with E-state index in [1.165, 1.54) is 0 Å². The van der Waals surface area contributed by atoms with Crippen molar-refractivity contribution in [2.24, 2.45) is 5.92 Å². The maximum absolute atomic E-state index is 13.8. The SMILES string of the molecule is CCC(C)N(Cc1cccn1Cc1cccc(OC)c1)C(=O)CN(CC(C)C)C(=O)c1cccc(OC)c1. The fourth-order valence-corrected chi connectivity index (χ4v) is 4.45. The molecular formula is C31H41N3O4. The summed E-state index contributed by atoms with van der Waals surface area (Å²) in [7, 11) is 3.24. The van der Waals surface area contributed by atoms with Gasteiger partial charge in [-0.15, -0.1) is 0 Å². The molecule has 0 spiro atoms. The van der Waals surface area contributed by atoms with Crippen LogP contribution in [-0.4, -0.2) is 59.5 Å². The molecule has 2 aromatic carbocycles. The molecule has 0 bridgehead atoms. The first-order valence-electron chi connectivity index (χ1n) is 13.2. The number of methoxy groups -OCH3 is 2. The predicted molar refractivity (Wildman–Crippen MR) is 151 cm³/mol. The van der Waals surface area contributed by atoms with E-state index in [-0.39, 0.29) is 30.3 Å². The van der Waals surface area contributed by atoms with Crippen molar-refractivity contribution in [3.63, 3.8) is 0 Å². The number of ether oxygens (including phenoxy) is 2. The molecular weight excluding hydrogens is 478 g/mol. The van der Waals surface area contributed by atoms with Crippen LogP contribution in [0.2, 0.25) is 0 Å². The van der Waals surface area contributed by atoms with Crippen LogP contribution >= 0.6 is 0 Å². The number of hydrogen-bond donors (Lipinski definition) is 0. The van der Waals surface area contributed by atoms with E-state index in [4.69, 9.17) is 9.47 Å². The molecule has 3 aromatic rings. The van der Waals surface area contributed by atoms with Crippen LogP contribution in [0.1, 0.15) is 55.7 Å². The molecule has 0 aliphatic carbocycles. The minimum atomic E-state index is -0.170. The summed E-state index contributed by atoms with van der Waals surface area (Å²) in [6.07, 6.45) is 2.85. The monoisotopic (exact) mass is 519 g/mol. The Morgan fingerprint density at radius 1 is 0.921 bits per heavy atom. The van der Waals surface area contributed by atoms with Gasteiger partial charge in [0.1, 0.15) is 18.0 Å². The second kappa shape index (κ2) is 13.7. The predicted octanol–water partition coefficient (Wildman–Crippen LogP) is 5.48. The van der Waals surface area contributed by atoms with Crippen LogP contribution < -0.4 is 9.47 Å². The van der Waals surface area contributed by atoms with Gasteiger partial charge in [0, 0.05) is 36.6 Å². The normalized spacial score (nSPS) is 11.8. The van der Waals surface area contributed by atoms with E-state index in [1.807, 2.05) is 49.2 Å². The lowest BCUT2D eigenvalue weighted by Gasteiger charge is -2.32. The van der Waals surface area contributed by atoms with E-state index in [9.17, 15) is 9.59 Å².